The lowest BCUT2D eigenvalue weighted by molar-refractivity contribution is 0.103. The summed E-state index contributed by atoms with van der Waals surface area (Å²) < 4.78 is 0. The molecule has 0 aliphatic heterocycles. The summed E-state index contributed by atoms with van der Waals surface area (Å²) in [7, 11) is 0. The Morgan fingerprint density at radius 1 is 0.857 bits per heavy atom. The van der Waals surface area contributed by atoms with Crippen molar-refractivity contribution in [3.63, 3.8) is 0 Å². The molecule has 0 N–H and O–H groups in total. The molecule has 1 nitrogen and oxygen atoms in total. The van der Waals surface area contributed by atoms with Crippen molar-refractivity contribution in [3.05, 3.63) is 69.8 Å². The Morgan fingerprint density at radius 2 is 1.32 bits per heavy atom. The quantitative estimate of drug-likeness (QED) is 0.499. The molecule has 0 fully saturated rings. The zero-order valence-corrected chi connectivity index (χ0v) is 19.4. The molecule has 2 aromatic rings. The average molecular weight is 379 g/mol. The van der Waals surface area contributed by atoms with Crippen LogP contribution < -0.4 is 0 Å². The second-order valence-corrected chi connectivity index (χ2v) is 9.60. The zero-order valence-electron chi connectivity index (χ0n) is 19.4. The SMILES string of the molecule is CC.Cc1ccc(C(=O)c2cc3c(cc2C(C)C)C(C)(C)CCC3(C)C)cc1. The highest BCUT2D eigenvalue weighted by atomic mass is 16.1. The van der Waals surface area contributed by atoms with Crippen molar-refractivity contribution in [1.82, 2.24) is 0 Å². The summed E-state index contributed by atoms with van der Waals surface area (Å²) in [5.41, 5.74) is 7.09. The van der Waals surface area contributed by atoms with E-state index in [1.165, 1.54) is 28.7 Å². The zero-order chi connectivity index (χ0) is 21.3. The van der Waals surface area contributed by atoms with E-state index in [1.54, 1.807) is 0 Å². The van der Waals surface area contributed by atoms with Crippen molar-refractivity contribution in [1.29, 1.82) is 0 Å². The van der Waals surface area contributed by atoms with Gasteiger partial charge in [-0.25, -0.2) is 0 Å². The van der Waals surface area contributed by atoms with Crippen molar-refractivity contribution >= 4 is 5.78 Å². The molecule has 28 heavy (non-hydrogen) atoms. The molecule has 3 rings (SSSR count). The highest BCUT2D eigenvalue weighted by Gasteiger charge is 2.38. The van der Waals surface area contributed by atoms with Crippen molar-refractivity contribution in [2.45, 2.75) is 91.9 Å². The van der Waals surface area contributed by atoms with E-state index < -0.39 is 0 Å². The van der Waals surface area contributed by atoms with Gasteiger partial charge in [0.2, 0.25) is 0 Å². The molecule has 0 saturated carbocycles. The smallest absolute Gasteiger partial charge is 0.193 e. The maximum atomic E-state index is 13.3. The number of carbonyl (C=O) groups excluding carboxylic acids is 1. The van der Waals surface area contributed by atoms with Gasteiger partial charge in [-0.1, -0.05) is 91.3 Å². The van der Waals surface area contributed by atoms with Gasteiger partial charge in [0.25, 0.3) is 0 Å². The van der Waals surface area contributed by atoms with Gasteiger partial charge in [-0.3, -0.25) is 4.79 Å². The molecular weight excluding hydrogens is 340 g/mol. The maximum absolute atomic E-state index is 13.3. The molecule has 2 aromatic carbocycles. The molecule has 1 aliphatic carbocycles. The average Bonchev–Trinajstić information content (AvgIpc) is 2.66. The lowest BCUT2D eigenvalue weighted by atomic mass is 9.62. The molecule has 0 bridgehead atoms. The Kier molecular flexibility index (Phi) is 6.58. The maximum Gasteiger partial charge on any atom is 0.193 e. The van der Waals surface area contributed by atoms with Crippen LogP contribution in [0.15, 0.2) is 36.4 Å². The van der Waals surface area contributed by atoms with E-state index in [-0.39, 0.29) is 16.6 Å². The molecule has 0 atom stereocenters. The predicted octanol–water partition coefficient (Wildman–Crippen LogP) is 7.72. The Bertz CT molecular complexity index is 835. The number of hydrogen-bond donors (Lipinski definition) is 0. The van der Waals surface area contributed by atoms with Crippen LogP contribution in [0.2, 0.25) is 0 Å². The third kappa shape index (κ3) is 4.24. The van der Waals surface area contributed by atoms with Crippen LogP contribution >= 0.6 is 0 Å². The summed E-state index contributed by atoms with van der Waals surface area (Å²) in [6, 6.07) is 12.5. The van der Waals surface area contributed by atoms with Crippen LogP contribution in [0.25, 0.3) is 0 Å². The van der Waals surface area contributed by atoms with Gasteiger partial charge >= 0.3 is 0 Å². The minimum Gasteiger partial charge on any atom is -0.289 e. The number of ketones is 1. The highest BCUT2D eigenvalue weighted by Crippen LogP contribution is 2.47. The lowest BCUT2D eigenvalue weighted by Gasteiger charge is -2.42. The van der Waals surface area contributed by atoms with Crippen molar-refractivity contribution in [2.24, 2.45) is 0 Å². The fraction of sp³-hybridized carbons (Fsp3) is 0.519. The summed E-state index contributed by atoms with van der Waals surface area (Å²) in [6.07, 6.45) is 2.35. The molecule has 0 saturated heterocycles. The standard InChI is InChI=1S/C25H32O.C2H6/c1-16(2)19-14-21-22(25(6,7)13-12-24(21,4)5)15-20(19)23(26)18-10-8-17(3)9-11-18;1-2/h8-11,14-16H,12-13H2,1-7H3;1-2H3. The molecule has 0 amide bonds. The van der Waals surface area contributed by atoms with Crippen LogP contribution in [0, 0.1) is 6.92 Å². The number of rotatable bonds is 3. The summed E-state index contributed by atoms with van der Waals surface area (Å²) in [6.45, 7) is 19.7. The second-order valence-electron chi connectivity index (χ2n) is 9.60. The van der Waals surface area contributed by atoms with E-state index in [0.29, 0.717) is 5.92 Å². The van der Waals surface area contributed by atoms with E-state index in [2.05, 4.69) is 60.6 Å². The monoisotopic (exact) mass is 378 g/mol. The first-order valence-electron chi connectivity index (χ1n) is 10.8. The van der Waals surface area contributed by atoms with Gasteiger partial charge in [-0.15, -0.1) is 0 Å². The van der Waals surface area contributed by atoms with Gasteiger partial charge in [-0.2, -0.15) is 0 Å². The molecule has 0 heterocycles. The van der Waals surface area contributed by atoms with Gasteiger partial charge in [0, 0.05) is 11.1 Å². The Hall–Kier alpha value is -1.89. The van der Waals surface area contributed by atoms with Gasteiger partial charge in [0.15, 0.2) is 5.78 Å². The first kappa shape index (κ1) is 22.4. The number of benzene rings is 2. The number of carbonyl (C=O) groups is 1. The van der Waals surface area contributed by atoms with E-state index in [1.807, 2.05) is 38.1 Å². The predicted molar refractivity (Wildman–Crippen MR) is 122 cm³/mol. The molecule has 0 spiro atoms. The summed E-state index contributed by atoms with van der Waals surface area (Å²) in [5, 5.41) is 0. The molecular formula is C27H38O. The molecule has 0 radical (unpaired) electrons. The highest BCUT2D eigenvalue weighted by molar-refractivity contribution is 6.10. The third-order valence-corrected chi connectivity index (χ3v) is 6.20. The molecule has 0 unspecified atom stereocenters. The Morgan fingerprint density at radius 3 is 1.79 bits per heavy atom. The summed E-state index contributed by atoms with van der Waals surface area (Å²) >= 11 is 0. The van der Waals surface area contributed by atoms with Crippen LogP contribution in [-0.4, -0.2) is 5.78 Å². The van der Waals surface area contributed by atoms with Crippen molar-refractivity contribution < 1.29 is 4.79 Å². The van der Waals surface area contributed by atoms with Gasteiger partial charge < -0.3 is 0 Å². The van der Waals surface area contributed by atoms with E-state index in [9.17, 15) is 4.79 Å². The summed E-state index contributed by atoms with van der Waals surface area (Å²) in [4.78, 5) is 13.3. The number of aryl methyl sites for hydroxylation is 1. The van der Waals surface area contributed by atoms with Crippen molar-refractivity contribution in [3.8, 4) is 0 Å². The van der Waals surface area contributed by atoms with E-state index in [4.69, 9.17) is 0 Å². The minimum absolute atomic E-state index is 0.114. The first-order chi connectivity index (χ1) is 13.0. The second kappa shape index (κ2) is 8.23. The summed E-state index contributed by atoms with van der Waals surface area (Å²) in [5.74, 6) is 0.473. The van der Waals surface area contributed by atoms with Crippen LogP contribution in [0.3, 0.4) is 0 Å². The van der Waals surface area contributed by atoms with Crippen LogP contribution in [0.4, 0.5) is 0 Å². The molecule has 152 valence electrons. The van der Waals surface area contributed by atoms with Gasteiger partial charge in [-0.05, 0) is 59.3 Å². The fourth-order valence-electron chi connectivity index (χ4n) is 4.17. The lowest BCUT2D eigenvalue weighted by Crippen LogP contribution is -2.34. The molecule has 1 aliphatic rings. The van der Waals surface area contributed by atoms with Gasteiger partial charge in [0.05, 0.1) is 0 Å². The number of fused-ring (bicyclic) bond motifs is 1. The Labute approximate surface area is 172 Å². The van der Waals surface area contributed by atoms with Crippen LogP contribution in [-0.2, 0) is 10.8 Å². The largest absolute Gasteiger partial charge is 0.289 e. The third-order valence-electron chi connectivity index (χ3n) is 6.20. The molecule has 0 aromatic heterocycles. The minimum atomic E-state index is 0.114. The van der Waals surface area contributed by atoms with Crippen molar-refractivity contribution in [2.75, 3.05) is 0 Å². The molecule has 1 heteroatoms. The van der Waals surface area contributed by atoms with E-state index in [0.717, 1.165) is 17.5 Å². The topological polar surface area (TPSA) is 17.1 Å². The number of hydrogen-bond acceptors (Lipinski definition) is 1. The normalized spacial score (nSPS) is 16.8. The van der Waals surface area contributed by atoms with Crippen LogP contribution in [0.1, 0.15) is 112 Å². The first-order valence-corrected chi connectivity index (χ1v) is 10.8. The van der Waals surface area contributed by atoms with Crippen LogP contribution in [0.5, 0.6) is 0 Å². The van der Waals surface area contributed by atoms with E-state index >= 15 is 0 Å². The van der Waals surface area contributed by atoms with Gasteiger partial charge in [0.1, 0.15) is 0 Å². The fourth-order valence-corrected chi connectivity index (χ4v) is 4.17. The Balaban J connectivity index is 0.00000136.